The molecular weight excluding hydrogens is 529 g/mol. The second kappa shape index (κ2) is 13.4. The smallest absolute Gasteiger partial charge is 0.244 e. The van der Waals surface area contributed by atoms with Crippen LogP contribution in [0.1, 0.15) is 24.5 Å². The van der Waals surface area contributed by atoms with Crippen LogP contribution in [0.25, 0.3) is 0 Å². The second-order valence-corrected chi connectivity index (χ2v) is 11.2. The van der Waals surface area contributed by atoms with Gasteiger partial charge in [0, 0.05) is 24.5 Å². The van der Waals surface area contributed by atoms with Gasteiger partial charge in [-0.05, 0) is 53.9 Å². The van der Waals surface area contributed by atoms with Crippen molar-refractivity contribution in [3.8, 4) is 0 Å². The van der Waals surface area contributed by atoms with Crippen LogP contribution >= 0.6 is 11.6 Å². The van der Waals surface area contributed by atoms with Crippen molar-refractivity contribution in [2.45, 2.75) is 32.4 Å². The number of benzene rings is 3. The lowest BCUT2D eigenvalue weighted by atomic mass is 10.0. The molecule has 38 heavy (non-hydrogen) atoms. The lowest BCUT2D eigenvalue weighted by Crippen LogP contribution is -2.53. The Balaban J connectivity index is 2.02. The summed E-state index contributed by atoms with van der Waals surface area (Å²) in [5, 5.41) is 3.28. The van der Waals surface area contributed by atoms with Gasteiger partial charge in [0.2, 0.25) is 21.8 Å². The first-order valence-corrected chi connectivity index (χ1v) is 14.4. The minimum atomic E-state index is -3.86. The maximum absolute atomic E-state index is 13.9. The van der Waals surface area contributed by atoms with E-state index in [0.717, 1.165) is 16.1 Å². The van der Waals surface area contributed by atoms with E-state index in [1.54, 1.807) is 0 Å². The van der Waals surface area contributed by atoms with E-state index in [4.69, 9.17) is 11.6 Å². The standard InChI is InChI=1S/C28H31ClFN3O4S/c1-3-17-31-28(35)26(18-21-7-5-4-6-8-21)32(19-22-9-13-24(30)14-10-22)27(34)20-33(38(2,36)37)25-15-11-23(29)12-16-25/h4-16,26H,3,17-20H2,1-2H3,(H,31,35)/t26-/m1/s1. The quantitative estimate of drug-likeness (QED) is 0.356. The fraction of sp³-hybridized carbons (Fsp3) is 0.286. The summed E-state index contributed by atoms with van der Waals surface area (Å²) in [7, 11) is -3.86. The highest BCUT2D eigenvalue weighted by atomic mass is 35.5. The first-order chi connectivity index (χ1) is 18.1. The zero-order chi connectivity index (χ0) is 27.7. The Kier molecular flexibility index (Phi) is 10.3. The van der Waals surface area contributed by atoms with E-state index >= 15 is 0 Å². The van der Waals surface area contributed by atoms with E-state index in [-0.39, 0.29) is 24.6 Å². The summed E-state index contributed by atoms with van der Waals surface area (Å²) in [4.78, 5) is 28.6. The highest BCUT2D eigenvalue weighted by Gasteiger charge is 2.32. The van der Waals surface area contributed by atoms with E-state index in [0.29, 0.717) is 23.6 Å². The summed E-state index contributed by atoms with van der Waals surface area (Å²) in [5.74, 6) is -1.37. The number of nitrogens with one attached hydrogen (secondary N) is 1. The molecule has 3 rings (SSSR count). The molecule has 1 atom stereocenters. The van der Waals surface area contributed by atoms with Crippen molar-refractivity contribution in [2.24, 2.45) is 0 Å². The van der Waals surface area contributed by atoms with Crippen LogP contribution in [-0.4, -0.2) is 50.5 Å². The Morgan fingerprint density at radius 1 is 0.947 bits per heavy atom. The molecule has 0 aliphatic heterocycles. The lowest BCUT2D eigenvalue weighted by molar-refractivity contribution is -0.140. The Morgan fingerprint density at radius 2 is 1.58 bits per heavy atom. The van der Waals surface area contributed by atoms with Crippen molar-refractivity contribution in [1.29, 1.82) is 0 Å². The molecule has 0 fully saturated rings. The number of hydrogen-bond donors (Lipinski definition) is 1. The van der Waals surface area contributed by atoms with Gasteiger partial charge in [0.05, 0.1) is 11.9 Å². The Bertz CT molecular complexity index is 1320. The molecule has 1 N–H and O–H groups in total. The number of carbonyl (C=O) groups excluding carboxylic acids is 2. The molecule has 0 spiro atoms. The average molecular weight is 560 g/mol. The van der Waals surface area contributed by atoms with Gasteiger partial charge in [-0.15, -0.1) is 0 Å². The van der Waals surface area contributed by atoms with Crippen LogP contribution in [0.3, 0.4) is 0 Å². The maximum Gasteiger partial charge on any atom is 0.244 e. The first-order valence-electron chi connectivity index (χ1n) is 12.2. The van der Waals surface area contributed by atoms with Crippen molar-refractivity contribution in [3.63, 3.8) is 0 Å². The molecule has 3 aromatic carbocycles. The van der Waals surface area contributed by atoms with Crippen molar-refractivity contribution in [2.75, 3.05) is 23.7 Å². The van der Waals surface area contributed by atoms with Crippen molar-refractivity contribution < 1.29 is 22.4 Å². The van der Waals surface area contributed by atoms with Crippen LogP contribution in [0.5, 0.6) is 0 Å². The second-order valence-electron chi connectivity index (χ2n) is 8.89. The van der Waals surface area contributed by atoms with Crippen LogP contribution in [0, 0.1) is 5.82 Å². The van der Waals surface area contributed by atoms with Gasteiger partial charge >= 0.3 is 0 Å². The Labute approximate surface area is 228 Å². The molecule has 3 aromatic rings. The number of halogens is 2. The molecule has 0 saturated heterocycles. The van der Waals surface area contributed by atoms with Gasteiger partial charge in [0.15, 0.2) is 0 Å². The number of carbonyl (C=O) groups is 2. The predicted octanol–water partition coefficient (Wildman–Crippen LogP) is 4.41. The van der Waals surface area contributed by atoms with Crippen molar-refractivity contribution >= 4 is 39.1 Å². The highest BCUT2D eigenvalue weighted by molar-refractivity contribution is 7.92. The molecule has 0 bridgehead atoms. The minimum absolute atomic E-state index is 0.0195. The van der Waals surface area contributed by atoms with Gasteiger partial charge in [-0.25, -0.2) is 12.8 Å². The monoisotopic (exact) mass is 559 g/mol. The number of sulfonamides is 1. The topological polar surface area (TPSA) is 86.8 Å². The van der Waals surface area contributed by atoms with Gasteiger partial charge in [-0.3, -0.25) is 13.9 Å². The number of anilines is 1. The van der Waals surface area contributed by atoms with Gasteiger partial charge in [-0.1, -0.05) is 61.0 Å². The lowest BCUT2D eigenvalue weighted by Gasteiger charge is -2.33. The summed E-state index contributed by atoms with van der Waals surface area (Å²) in [6.07, 6.45) is 1.92. The Hall–Kier alpha value is -3.43. The number of rotatable bonds is 12. The largest absolute Gasteiger partial charge is 0.354 e. The van der Waals surface area contributed by atoms with Crippen molar-refractivity contribution in [1.82, 2.24) is 10.2 Å². The number of nitrogens with zero attached hydrogens (tertiary/aromatic N) is 2. The molecule has 2 amide bonds. The predicted molar refractivity (Wildman–Crippen MR) is 148 cm³/mol. The minimum Gasteiger partial charge on any atom is -0.354 e. The summed E-state index contributed by atoms with van der Waals surface area (Å²) < 4.78 is 40.0. The first kappa shape index (κ1) is 29.1. The molecular formula is C28H31ClFN3O4S. The number of amides is 2. The molecule has 10 heteroatoms. The normalized spacial score (nSPS) is 12.0. The maximum atomic E-state index is 13.9. The van der Waals surface area contributed by atoms with Crippen molar-refractivity contribution in [3.05, 3.63) is 101 Å². The van der Waals surface area contributed by atoms with E-state index in [2.05, 4.69) is 5.32 Å². The number of hydrogen-bond acceptors (Lipinski definition) is 4. The Morgan fingerprint density at radius 3 is 2.16 bits per heavy atom. The molecule has 0 radical (unpaired) electrons. The van der Waals surface area contributed by atoms with E-state index in [1.807, 2.05) is 37.3 Å². The van der Waals surface area contributed by atoms with Gasteiger partial charge in [-0.2, -0.15) is 0 Å². The van der Waals surface area contributed by atoms with Crippen LogP contribution in [0.4, 0.5) is 10.1 Å². The van der Waals surface area contributed by atoms with E-state index < -0.39 is 34.3 Å². The average Bonchev–Trinajstić information content (AvgIpc) is 2.89. The van der Waals surface area contributed by atoms with Crippen LogP contribution in [0.2, 0.25) is 5.02 Å². The van der Waals surface area contributed by atoms with Gasteiger partial charge < -0.3 is 10.2 Å². The highest BCUT2D eigenvalue weighted by Crippen LogP contribution is 2.22. The fourth-order valence-electron chi connectivity index (χ4n) is 3.93. The zero-order valence-electron chi connectivity index (χ0n) is 21.3. The molecule has 0 unspecified atom stereocenters. The summed E-state index contributed by atoms with van der Waals surface area (Å²) in [6, 6.07) is 20.0. The molecule has 0 heterocycles. The third kappa shape index (κ3) is 8.29. The van der Waals surface area contributed by atoms with Gasteiger partial charge in [0.1, 0.15) is 18.4 Å². The van der Waals surface area contributed by atoms with Gasteiger partial charge in [0.25, 0.3) is 0 Å². The SMILES string of the molecule is CCCNC(=O)[C@@H](Cc1ccccc1)N(Cc1ccc(F)cc1)C(=O)CN(c1ccc(Cl)cc1)S(C)(=O)=O. The van der Waals surface area contributed by atoms with Crippen LogP contribution in [-0.2, 0) is 32.6 Å². The van der Waals surface area contributed by atoms with Crippen LogP contribution < -0.4 is 9.62 Å². The molecule has 0 saturated carbocycles. The van der Waals surface area contributed by atoms with E-state index in [9.17, 15) is 22.4 Å². The van der Waals surface area contributed by atoms with Crippen LogP contribution in [0.15, 0.2) is 78.9 Å². The molecule has 0 aromatic heterocycles. The molecule has 7 nitrogen and oxygen atoms in total. The molecule has 0 aliphatic carbocycles. The fourth-order valence-corrected chi connectivity index (χ4v) is 4.90. The van der Waals surface area contributed by atoms with E-state index in [1.165, 1.54) is 53.4 Å². The zero-order valence-corrected chi connectivity index (χ0v) is 22.9. The summed E-state index contributed by atoms with van der Waals surface area (Å²) >= 11 is 5.97. The summed E-state index contributed by atoms with van der Waals surface area (Å²) in [5.41, 5.74) is 1.69. The molecule has 0 aliphatic rings. The third-order valence-corrected chi connectivity index (χ3v) is 7.27. The molecule has 202 valence electrons. The third-order valence-electron chi connectivity index (χ3n) is 5.88. The summed E-state index contributed by atoms with van der Waals surface area (Å²) in [6.45, 7) is 1.79.